The lowest BCUT2D eigenvalue weighted by molar-refractivity contribution is 0.0724. The van der Waals surface area contributed by atoms with Gasteiger partial charge < -0.3 is 15.0 Å². The topological polar surface area (TPSA) is 76.5 Å². The van der Waals surface area contributed by atoms with Crippen molar-refractivity contribution >= 4 is 28.9 Å². The van der Waals surface area contributed by atoms with Crippen molar-refractivity contribution < 1.29 is 9.53 Å². The second-order valence-corrected chi connectivity index (χ2v) is 9.44. The fraction of sp³-hybridized carbons (Fsp3) is 0.207. The molecule has 3 aromatic carbocycles. The van der Waals surface area contributed by atoms with E-state index in [1.807, 2.05) is 42.2 Å². The number of halogens is 1. The first-order chi connectivity index (χ1) is 18.0. The number of hydrogen-bond acceptors (Lipinski definition) is 5. The highest BCUT2D eigenvalue weighted by Crippen LogP contribution is 2.30. The molecule has 0 saturated carbocycles. The maximum absolute atomic E-state index is 13.7. The van der Waals surface area contributed by atoms with Crippen LogP contribution in [0.25, 0.3) is 5.69 Å². The molecule has 0 bridgehead atoms. The largest absolute Gasteiger partial charge is 0.453 e. The van der Waals surface area contributed by atoms with E-state index in [1.165, 1.54) is 10.9 Å². The zero-order valence-corrected chi connectivity index (χ0v) is 21.2. The van der Waals surface area contributed by atoms with Crippen molar-refractivity contribution in [1.82, 2.24) is 14.7 Å². The van der Waals surface area contributed by atoms with Crippen molar-refractivity contribution in [3.05, 3.63) is 105 Å². The van der Waals surface area contributed by atoms with Gasteiger partial charge in [0.05, 0.1) is 16.9 Å². The molecule has 5 rings (SSSR count). The van der Waals surface area contributed by atoms with Crippen LogP contribution < -0.4 is 15.6 Å². The van der Waals surface area contributed by atoms with Crippen LogP contribution >= 0.6 is 11.6 Å². The van der Waals surface area contributed by atoms with Crippen LogP contribution in [0.3, 0.4) is 0 Å². The molecule has 0 aliphatic carbocycles. The summed E-state index contributed by atoms with van der Waals surface area (Å²) in [4.78, 5) is 28.6. The molecular weight excluding hydrogens is 488 g/mol. The Kier molecular flexibility index (Phi) is 7.23. The lowest BCUT2D eigenvalue weighted by Crippen LogP contribution is -2.35. The third kappa shape index (κ3) is 5.52. The fourth-order valence-corrected chi connectivity index (χ4v) is 4.60. The van der Waals surface area contributed by atoms with Gasteiger partial charge in [0, 0.05) is 24.3 Å². The number of carbonyl (C=O) groups excluding carboxylic acids is 1. The summed E-state index contributed by atoms with van der Waals surface area (Å²) < 4.78 is 7.32. The zero-order chi connectivity index (χ0) is 25.8. The quantitative estimate of drug-likeness (QED) is 0.324. The molecule has 1 saturated heterocycles. The van der Waals surface area contributed by atoms with Gasteiger partial charge in [0.2, 0.25) is 0 Å². The number of aromatic nitrogens is 2. The second-order valence-electron chi connectivity index (χ2n) is 9.03. The Morgan fingerprint density at radius 1 is 0.973 bits per heavy atom. The smallest absolute Gasteiger partial charge is 0.299 e. The first-order valence-electron chi connectivity index (χ1n) is 12.3. The minimum absolute atomic E-state index is 0.0113. The predicted octanol–water partition coefficient (Wildman–Crippen LogP) is 6.36. The number of hydrogen-bond donors (Lipinski definition) is 1. The zero-order valence-electron chi connectivity index (χ0n) is 20.5. The van der Waals surface area contributed by atoms with Crippen LogP contribution in [0.5, 0.6) is 11.5 Å². The standard InChI is InChI=1S/C29H27ClN4O3/c1-20-9-7-12-23(17-20)37-26-19-31-34(25-14-4-3-13-24(25)30)29(36)27(26)32-22-11-8-10-21(18-22)28(35)33-15-5-2-6-16-33/h3-4,7-14,17-19,32H,2,5-6,15-16H2,1H3. The van der Waals surface area contributed by atoms with Crippen LogP contribution in [0.1, 0.15) is 35.2 Å². The lowest BCUT2D eigenvalue weighted by atomic mass is 10.1. The average molecular weight is 515 g/mol. The van der Waals surface area contributed by atoms with Crippen molar-refractivity contribution in [2.75, 3.05) is 18.4 Å². The second kappa shape index (κ2) is 10.9. The van der Waals surface area contributed by atoms with Crippen LogP contribution in [0.15, 0.2) is 83.8 Å². The maximum Gasteiger partial charge on any atom is 0.299 e. The van der Waals surface area contributed by atoms with Crippen molar-refractivity contribution in [2.45, 2.75) is 26.2 Å². The molecule has 1 fully saturated rings. The Hall–Kier alpha value is -4.10. The number of amides is 1. The SMILES string of the molecule is Cc1cccc(Oc2cnn(-c3ccccc3Cl)c(=O)c2Nc2cccc(C(=O)N3CCCCC3)c2)c1. The summed E-state index contributed by atoms with van der Waals surface area (Å²) in [7, 11) is 0. The fourth-order valence-electron chi connectivity index (χ4n) is 4.39. The Morgan fingerprint density at radius 2 is 1.76 bits per heavy atom. The van der Waals surface area contributed by atoms with Gasteiger partial charge in [0.25, 0.3) is 11.5 Å². The van der Waals surface area contributed by atoms with E-state index >= 15 is 0 Å². The lowest BCUT2D eigenvalue weighted by Gasteiger charge is -2.26. The first-order valence-corrected chi connectivity index (χ1v) is 12.7. The first kappa shape index (κ1) is 24.6. The van der Waals surface area contributed by atoms with Gasteiger partial charge in [0.15, 0.2) is 11.4 Å². The molecule has 37 heavy (non-hydrogen) atoms. The molecule has 1 aromatic heterocycles. The molecule has 7 nitrogen and oxygen atoms in total. The third-order valence-electron chi connectivity index (χ3n) is 6.26. The summed E-state index contributed by atoms with van der Waals surface area (Å²) in [6, 6.07) is 21.7. The number of aryl methyl sites for hydroxylation is 1. The summed E-state index contributed by atoms with van der Waals surface area (Å²) in [5, 5.41) is 7.92. The van der Waals surface area contributed by atoms with Crippen LogP contribution in [0.4, 0.5) is 11.4 Å². The van der Waals surface area contributed by atoms with Crippen molar-refractivity contribution in [3.8, 4) is 17.2 Å². The normalized spacial score (nSPS) is 13.3. The third-order valence-corrected chi connectivity index (χ3v) is 6.58. The van der Waals surface area contributed by atoms with Gasteiger partial charge in [-0.1, -0.05) is 41.9 Å². The number of benzene rings is 3. The predicted molar refractivity (Wildman–Crippen MR) is 146 cm³/mol. The number of nitrogens with zero attached hydrogens (tertiary/aromatic N) is 3. The molecule has 1 amide bonds. The summed E-state index contributed by atoms with van der Waals surface area (Å²) in [6.07, 6.45) is 4.66. The highest BCUT2D eigenvalue weighted by atomic mass is 35.5. The van der Waals surface area contributed by atoms with Gasteiger partial charge >= 0.3 is 0 Å². The Morgan fingerprint density at radius 3 is 2.54 bits per heavy atom. The molecular formula is C29H27ClN4O3. The number of likely N-dealkylation sites (tertiary alicyclic amines) is 1. The minimum Gasteiger partial charge on any atom is -0.453 e. The molecule has 8 heteroatoms. The average Bonchev–Trinajstić information content (AvgIpc) is 2.92. The van der Waals surface area contributed by atoms with E-state index in [0.29, 0.717) is 27.7 Å². The molecule has 1 aliphatic heterocycles. The summed E-state index contributed by atoms with van der Waals surface area (Å²) in [5.41, 5.74) is 2.37. The van der Waals surface area contributed by atoms with Crippen molar-refractivity contribution in [3.63, 3.8) is 0 Å². The van der Waals surface area contributed by atoms with Crippen LogP contribution in [-0.2, 0) is 0 Å². The van der Waals surface area contributed by atoms with E-state index in [2.05, 4.69) is 10.4 Å². The molecule has 1 aliphatic rings. The number of nitrogens with one attached hydrogen (secondary N) is 1. The van der Waals surface area contributed by atoms with E-state index in [1.54, 1.807) is 42.5 Å². The van der Waals surface area contributed by atoms with Gasteiger partial charge in [-0.05, 0) is 74.2 Å². The van der Waals surface area contributed by atoms with Gasteiger partial charge in [0.1, 0.15) is 5.75 Å². The molecule has 188 valence electrons. The van der Waals surface area contributed by atoms with Crippen LogP contribution in [-0.4, -0.2) is 33.7 Å². The molecule has 4 aromatic rings. The summed E-state index contributed by atoms with van der Waals surface area (Å²) >= 11 is 6.37. The van der Waals surface area contributed by atoms with Crippen LogP contribution in [0.2, 0.25) is 5.02 Å². The van der Waals surface area contributed by atoms with E-state index in [0.717, 1.165) is 37.9 Å². The van der Waals surface area contributed by atoms with Crippen molar-refractivity contribution in [1.29, 1.82) is 0 Å². The number of carbonyl (C=O) groups is 1. The molecule has 0 unspecified atom stereocenters. The molecule has 0 atom stereocenters. The maximum atomic E-state index is 13.7. The van der Waals surface area contributed by atoms with E-state index in [4.69, 9.17) is 16.3 Å². The molecule has 0 spiro atoms. The summed E-state index contributed by atoms with van der Waals surface area (Å²) in [5.74, 6) is 0.822. The Labute approximate surface area is 220 Å². The monoisotopic (exact) mass is 514 g/mol. The summed E-state index contributed by atoms with van der Waals surface area (Å²) in [6.45, 7) is 3.49. The van der Waals surface area contributed by atoms with Crippen LogP contribution in [0, 0.1) is 6.92 Å². The number of para-hydroxylation sites is 1. The van der Waals surface area contributed by atoms with Crippen molar-refractivity contribution in [2.24, 2.45) is 0 Å². The van der Waals surface area contributed by atoms with Gasteiger partial charge in [-0.25, -0.2) is 0 Å². The number of piperidine rings is 1. The van der Waals surface area contributed by atoms with Gasteiger partial charge in [-0.2, -0.15) is 9.78 Å². The molecule has 0 radical (unpaired) electrons. The van der Waals surface area contributed by atoms with Gasteiger partial charge in [-0.3, -0.25) is 9.59 Å². The van der Waals surface area contributed by atoms with Gasteiger partial charge in [-0.15, -0.1) is 0 Å². The van der Waals surface area contributed by atoms with E-state index in [9.17, 15) is 9.59 Å². The molecule has 1 N–H and O–H groups in total. The van der Waals surface area contributed by atoms with E-state index in [-0.39, 0.29) is 17.3 Å². The highest BCUT2D eigenvalue weighted by molar-refractivity contribution is 6.32. The number of anilines is 2. The van der Waals surface area contributed by atoms with E-state index < -0.39 is 5.56 Å². The molecule has 2 heterocycles. The Bertz CT molecular complexity index is 1490. The minimum atomic E-state index is -0.439. The highest BCUT2D eigenvalue weighted by Gasteiger charge is 2.20. The Balaban J connectivity index is 1.54. The number of ether oxygens (including phenoxy) is 1. The number of rotatable bonds is 6.